The van der Waals surface area contributed by atoms with Crippen LogP contribution in [-0.2, 0) is 6.42 Å². The monoisotopic (exact) mass is 330 g/mol. The van der Waals surface area contributed by atoms with E-state index in [0.717, 1.165) is 17.6 Å². The Morgan fingerprint density at radius 2 is 1.84 bits per heavy atom. The number of imidazole rings is 1. The van der Waals surface area contributed by atoms with Gasteiger partial charge in [-0.15, -0.1) is 0 Å². The first-order valence-electron chi connectivity index (χ1n) is 7.99. The van der Waals surface area contributed by atoms with Gasteiger partial charge in [-0.1, -0.05) is 36.4 Å². The lowest BCUT2D eigenvalue weighted by atomic mass is 10.1. The van der Waals surface area contributed by atoms with Crippen molar-refractivity contribution >= 4 is 11.9 Å². The highest BCUT2D eigenvalue weighted by molar-refractivity contribution is 5.77. The lowest BCUT2D eigenvalue weighted by Crippen LogP contribution is -1.90. The molecule has 0 aliphatic carbocycles. The zero-order valence-corrected chi connectivity index (χ0v) is 13.4. The molecule has 0 fully saturated rings. The normalized spacial score (nSPS) is 10.9. The molecule has 0 aliphatic rings. The summed E-state index contributed by atoms with van der Waals surface area (Å²) in [6.07, 6.45) is 5.18. The van der Waals surface area contributed by atoms with Crippen LogP contribution in [-0.4, -0.2) is 15.7 Å². The molecule has 4 aromatic rings. The Bertz CT molecular complexity index is 1050. The van der Waals surface area contributed by atoms with E-state index in [1.54, 1.807) is 18.3 Å². The predicted molar refractivity (Wildman–Crippen MR) is 95.2 cm³/mol. The van der Waals surface area contributed by atoms with E-state index in [4.69, 9.17) is 0 Å². The van der Waals surface area contributed by atoms with Crippen LogP contribution in [0.25, 0.3) is 16.9 Å². The standard InChI is InChI=1S/C21H15FN2O/c22-19-11-17(14-25)6-7-18(19)20-13-24-9-8-16(12-21(24)23-20)10-15-4-2-1-3-5-15/h1-9,11-14H,10H2. The van der Waals surface area contributed by atoms with E-state index in [-0.39, 0.29) is 0 Å². The van der Waals surface area contributed by atoms with E-state index < -0.39 is 5.82 Å². The maximum absolute atomic E-state index is 14.2. The Hall–Kier alpha value is -3.27. The Kier molecular flexibility index (Phi) is 3.86. The number of carbonyl (C=O) groups excluding carboxylic acids is 1. The highest BCUT2D eigenvalue weighted by Crippen LogP contribution is 2.24. The van der Waals surface area contributed by atoms with E-state index >= 15 is 0 Å². The summed E-state index contributed by atoms with van der Waals surface area (Å²) in [5.41, 5.74) is 4.39. The molecule has 0 N–H and O–H groups in total. The zero-order valence-electron chi connectivity index (χ0n) is 13.4. The number of rotatable bonds is 4. The second-order valence-corrected chi connectivity index (χ2v) is 5.95. The number of carbonyl (C=O) groups is 1. The molecule has 0 saturated heterocycles. The number of hydrogen-bond acceptors (Lipinski definition) is 2. The molecule has 2 aromatic carbocycles. The quantitative estimate of drug-likeness (QED) is 0.515. The first-order valence-corrected chi connectivity index (χ1v) is 7.99. The molecule has 0 amide bonds. The molecule has 4 rings (SSSR count). The molecule has 0 unspecified atom stereocenters. The number of aldehydes is 1. The van der Waals surface area contributed by atoms with Gasteiger partial charge in [-0.3, -0.25) is 4.79 Å². The molecule has 0 saturated carbocycles. The van der Waals surface area contributed by atoms with Crippen molar-refractivity contribution in [1.29, 1.82) is 0 Å². The summed E-state index contributed by atoms with van der Waals surface area (Å²) in [6.45, 7) is 0. The molecule has 0 radical (unpaired) electrons. The fraction of sp³-hybridized carbons (Fsp3) is 0.0476. The Morgan fingerprint density at radius 1 is 1.00 bits per heavy atom. The Labute approximate surface area is 144 Å². The van der Waals surface area contributed by atoms with Crippen LogP contribution in [0.15, 0.2) is 73.1 Å². The van der Waals surface area contributed by atoms with Crippen LogP contribution >= 0.6 is 0 Å². The number of benzene rings is 2. The predicted octanol–water partition coefficient (Wildman–Crippen LogP) is 4.54. The van der Waals surface area contributed by atoms with Gasteiger partial charge in [0.05, 0.1) is 5.69 Å². The molecule has 122 valence electrons. The lowest BCUT2D eigenvalue weighted by Gasteiger charge is -2.02. The smallest absolute Gasteiger partial charge is 0.150 e. The van der Waals surface area contributed by atoms with Crippen LogP contribution in [0, 0.1) is 5.82 Å². The number of aromatic nitrogens is 2. The minimum Gasteiger partial charge on any atom is -0.306 e. The van der Waals surface area contributed by atoms with Crippen molar-refractivity contribution in [2.24, 2.45) is 0 Å². The highest BCUT2D eigenvalue weighted by Gasteiger charge is 2.10. The van der Waals surface area contributed by atoms with Gasteiger partial charge in [0.15, 0.2) is 0 Å². The van der Waals surface area contributed by atoms with Gasteiger partial charge in [-0.25, -0.2) is 9.37 Å². The van der Waals surface area contributed by atoms with Gasteiger partial charge in [0.25, 0.3) is 0 Å². The Balaban J connectivity index is 1.70. The summed E-state index contributed by atoms with van der Waals surface area (Å²) in [6, 6.07) is 18.7. The van der Waals surface area contributed by atoms with Gasteiger partial charge >= 0.3 is 0 Å². The topological polar surface area (TPSA) is 34.4 Å². The van der Waals surface area contributed by atoms with Crippen molar-refractivity contribution in [3.05, 3.63) is 95.6 Å². The molecular weight excluding hydrogens is 315 g/mol. The maximum Gasteiger partial charge on any atom is 0.150 e. The van der Waals surface area contributed by atoms with Crippen molar-refractivity contribution in [2.75, 3.05) is 0 Å². The molecular formula is C21H15FN2O. The number of pyridine rings is 1. The molecule has 25 heavy (non-hydrogen) atoms. The highest BCUT2D eigenvalue weighted by atomic mass is 19.1. The van der Waals surface area contributed by atoms with Crippen LogP contribution in [0.2, 0.25) is 0 Å². The molecule has 4 heteroatoms. The molecule has 0 bridgehead atoms. The minimum absolute atomic E-state index is 0.315. The van der Waals surface area contributed by atoms with E-state index in [9.17, 15) is 9.18 Å². The van der Waals surface area contributed by atoms with Crippen molar-refractivity contribution in [3.8, 4) is 11.3 Å². The van der Waals surface area contributed by atoms with E-state index in [1.165, 1.54) is 11.6 Å². The van der Waals surface area contributed by atoms with E-state index in [1.807, 2.05) is 40.9 Å². The van der Waals surface area contributed by atoms with Crippen LogP contribution in [0.3, 0.4) is 0 Å². The average molecular weight is 330 g/mol. The van der Waals surface area contributed by atoms with Gasteiger partial charge in [-0.2, -0.15) is 0 Å². The first kappa shape index (κ1) is 15.3. The molecule has 2 heterocycles. The van der Waals surface area contributed by atoms with Crippen molar-refractivity contribution in [2.45, 2.75) is 6.42 Å². The summed E-state index contributed by atoms with van der Waals surface area (Å²) in [5, 5.41) is 0. The molecule has 2 aromatic heterocycles. The summed E-state index contributed by atoms with van der Waals surface area (Å²) in [5.74, 6) is -0.447. The third-order valence-electron chi connectivity index (χ3n) is 4.18. The van der Waals surface area contributed by atoms with Crippen LogP contribution in [0.5, 0.6) is 0 Å². The fourth-order valence-corrected chi connectivity index (χ4v) is 2.91. The maximum atomic E-state index is 14.2. The van der Waals surface area contributed by atoms with Gasteiger partial charge in [0.1, 0.15) is 17.8 Å². The van der Waals surface area contributed by atoms with E-state index in [0.29, 0.717) is 23.1 Å². The SMILES string of the molecule is O=Cc1ccc(-c2cn3ccc(Cc4ccccc4)cc3n2)c(F)c1. The minimum atomic E-state index is -0.447. The number of halogens is 1. The fourth-order valence-electron chi connectivity index (χ4n) is 2.91. The van der Waals surface area contributed by atoms with Crippen LogP contribution in [0.4, 0.5) is 4.39 Å². The van der Waals surface area contributed by atoms with Gasteiger partial charge < -0.3 is 4.40 Å². The van der Waals surface area contributed by atoms with Gasteiger partial charge in [-0.05, 0) is 41.8 Å². The molecule has 0 spiro atoms. The lowest BCUT2D eigenvalue weighted by molar-refractivity contribution is 0.112. The summed E-state index contributed by atoms with van der Waals surface area (Å²) in [4.78, 5) is 15.3. The molecule has 0 atom stereocenters. The third kappa shape index (κ3) is 3.06. The average Bonchev–Trinajstić information content (AvgIpc) is 3.05. The first-order chi connectivity index (χ1) is 12.2. The van der Waals surface area contributed by atoms with Crippen molar-refractivity contribution in [3.63, 3.8) is 0 Å². The van der Waals surface area contributed by atoms with Gasteiger partial charge in [0, 0.05) is 23.5 Å². The van der Waals surface area contributed by atoms with Crippen molar-refractivity contribution in [1.82, 2.24) is 9.38 Å². The second kappa shape index (κ2) is 6.32. The van der Waals surface area contributed by atoms with Gasteiger partial charge in [0.2, 0.25) is 0 Å². The summed E-state index contributed by atoms with van der Waals surface area (Å²) in [7, 11) is 0. The summed E-state index contributed by atoms with van der Waals surface area (Å²) >= 11 is 0. The van der Waals surface area contributed by atoms with E-state index in [2.05, 4.69) is 17.1 Å². The number of fused-ring (bicyclic) bond motifs is 1. The molecule has 0 aliphatic heterocycles. The van der Waals surface area contributed by atoms with Crippen molar-refractivity contribution < 1.29 is 9.18 Å². The number of nitrogens with zero attached hydrogens (tertiary/aromatic N) is 2. The Morgan fingerprint density at radius 3 is 2.60 bits per heavy atom. The molecule has 3 nitrogen and oxygen atoms in total. The summed E-state index contributed by atoms with van der Waals surface area (Å²) < 4.78 is 16.1. The van der Waals surface area contributed by atoms with Crippen LogP contribution < -0.4 is 0 Å². The third-order valence-corrected chi connectivity index (χ3v) is 4.18. The number of hydrogen-bond donors (Lipinski definition) is 0. The second-order valence-electron chi connectivity index (χ2n) is 5.95. The largest absolute Gasteiger partial charge is 0.306 e. The zero-order chi connectivity index (χ0) is 17.2. The van der Waals surface area contributed by atoms with Crippen LogP contribution in [0.1, 0.15) is 21.5 Å².